The summed E-state index contributed by atoms with van der Waals surface area (Å²) in [5.41, 5.74) is 1.38. The van der Waals surface area contributed by atoms with Crippen LogP contribution in [-0.4, -0.2) is 25.6 Å². The van der Waals surface area contributed by atoms with E-state index in [2.05, 4.69) is 32.6 Å². The van der Waals surface area contributed by atoms with Crippen molar-refractivity contribution in [1.82, 2.24) is 10.6 Å². The molecule has 22 heavy (non-hydrogen) atoms. The van der Waals surface area contributed by atoms with Crippen LogP contribution in [0.2, 0.25) is 0 Å². The Morgan fingerprint density at radius 1 is 1.36 bits per heavy atom. The Morgan fingerprint density at radius 3 is 3.00 bits per heavy atom. The molecule has 1 saturated heterocycles. The zero-order chi connectivity index (χ0) is 15.2. The number of hydrogen-bond donors (Lipinski definition) is 2. The van der Waals surface area contributed by atoms with Crippen LogP contribution in [-0.2, 0) is 4.79 Å². The summed E-state index contributed by atoms with van der Waals surface area (Å²) in [7, 11) is 0. The standard InChI is InChI=1S/C17H21BrN2O2/c18-11-1-2-15-12(9-11)14(3-8-22-15)20-16(21)13-10-17(13)4-6-19-7-5-17/h1-2,9,13-14,19H,3-8,10H2,(H,20,21). The smallest absolute Gasteiger partial charge is 0.224 e. The van der Waals surface area contributed by atoms with Crippen molar-refractivity contribution >= 4 is 21.8 Å². The lowest BCUT2D eigenvalue weighted by Gasteiger charge is -2.28. The lowest BCUT2D eigenvalue weighted by Crippen LogP contribution is -2.36. The van der Waals surface area contributed by atoms with Crippen LogP contribution < -0.4 is 15.4 Å². The molecule has 0 bridgehead atoms. The van der Waals surface area contributed by atoms with Gasteiger partial charge in [-0.25, -0.2) is 0 Å². The van der Waals surface area contributed by atoms with E-state index in [9.17, 15) is 4.79 Å². The summed E-state index contributed by atoms with van der Waals surface area (Å²) in [6.45, 7) is 2.77. The molecule has 0 radical (unpaired) electrons. The molecule has 1 amide bonds. The number of nitrogens with one attached hydrogen (secondary N) is 2. The Kier molecular flexibility index (Phi) is 3.65. The molecule has 1 aliphatic carbocycles. The molecule has 2 aliphatic heterocycles. The van der Waals surface area contributed by atoms with Crippen LogP contribution in [0.4, 0.5) is 0 Å². The number of carbonyl (C=O) groups is 1. The Bertz CT molecular complexity index is 598. The second-order valence-corrected chi connectivity index (χ2v) is 7.67. The van der Waals surface area contributed by atoms with E-state index in [-0.39, 0.29) is 17.9 Å². The summed E-state index contributed by atoms with van der Waals surface area (Å²) in [6.07, 6.45) is 4.19. The molecule has 2 N–H and O–H groups in total. The average Bonchev–Trinajstić information content (AvgIpc) is 3.22. The highest BCUT2D eigenvalue weighted by atomic mass is 79.9. The topological polar surface area (TPSA) is 50.4 Å². The molecule has 2 unspecified atom stereocenters. The van der Waals surface area contributed by atoms with Crippen LogP contribution in [0.5, 0.6) is 5.75 Å². The third kappa shape index (κ3) is 2.54. The Labute approximate surface area is 139 Å². The third-order valence-electron chi connectivity index (χ3n) is 5.43. The fraction of sp³-hybridized carbons (Fsp3) is 0.588. The number of benzene rings is 1. The van der Waals surface area contributed by atoms with Crippen molar-refractivity contribution in [3.8, 4) is 5.75 Å². The maximum absolute atomic E-state index is 12.7. The zero-order valence-corrected chi connectivity index (χ0v) is 14.1. The molecule has 5 heteroatoms. The normalized spacial score (nSPS) is 28.6. The second kappa shape index (κ2) is 5.53. The number of piperidine rings is 1. The number of hydrogen-bond acceptors (Lipinski definition) is 3. The van der Waals surface area contributed by atoms with Crippen molar-refractivity contribution in [1.29, 1.82) is 0 Å². The first-order chi connectivity index (χ1) is 10.7. The molecule has 4 rings (SSSR count). The summed E-state index contributed by atoms with van der Waals surface area (Å²) >= 11 is 3.51. The molecule has 3 aliphatic rings. The Hall–Kier alpha value is -1.07. The first kappa shape index (κ1) is 14.5. The zero-order valence-electron chi connectivity index (χ0n) is 12.5. The number of fused-ring (bicyclic) bond motifs is 1. The van der Waals surface area contributed by atoms with Gasteiger partial charge in [-0.1, -0.05) is 15.9 Å². The van der Waals surface area contributed by atoms with Crippen molar-refractivity contribution < 1.29 is 9.53 Å². The molecule has 2 atom stereocenters. The highest BCUT2D eigenvalue weighted by Crippen LogP contribution is 2.58. The van der Waals surface area contributed by atoms with Gasteiger partial charge in [-0.05, 0) is 56.0 Å². The van der Waals surface area contributed by atoms with Crippen molar-refractivity contribution in [2.45, 2.75) is 31.7 Å². The second-order valence-electron chi connectivity index (χ2n) is 6.75. The monoisotopic (exact) mass is 364 g/mol. The first-order valence-electron chi connectivity index (χ1n) is 8.11. The van der Waals surface area contributed by atoms with E-state index in [1.165, 1.54) is 0 Å². The first-order valence-corrected chi connectivity index (χ1v) is 8.91. The van der Waals surface area contributed by atoms with E-state index in [1.807, 2.05) is 12.1 Å². The van der Waals surface area contributed by atoms with Crippen LogP contribution in [0.25, 0.3) is 0 Å². The van der Waals surface area contributed by atoms with Crippen LogP contribution >= 0.6 is 15.9 Å². The Morgan fingerprint density at radius 2 is 2.18 bits per heavy atom. The molecule has 4 nitrogen and oxygen atoms in total. The van der Waals surface area contributed by atoms with Crippen molar-refractivity contribution in [2.75, 3.05) is 19.7 Å². The summed E-state index contributed by atoms with van der Waals surface area (Å²) in [6, 6.07) is 6.09. The van der Waals surface area contributed by atoms with E-state index in [4.69, 9.17) is 4.74 Å². The molecule has 1 spiro atoms. The summed E-state index contributed by atoms with van der Waals surface area (Å²) in [5.74, 6) is 1.35. The van der Waals surface area contributed by atoms with Crippen LogP contribution in [0.1, 0.15) is 37.3 Å². The molecule has 1 saturated carbocycles. The van der Waals surface area contributed by atoms with Gasteiger partial charge in [0.15, 0.2) is 0 Å². The molecule has 0 aromatic heterocycles. The lowest BCUT2D eigenvalue weighted by molar-refractivity contribution is -0.124. The van der Waals surface area contributed by atoms with Gasteiger partial charge in [-0.2, -0.15) is 0 Å². The highest BCUT2D eigenvalue weighted by molar-refractivity contribution is 9.10. The van der Waals surface area contributed by atoms with Crippen molar-refractivity contribution in [2.24, 2.45) is 11.3 Å². The van der Waals surface area contributed by atoms with Gasteiger partial charge in [-0.3, -0.25) is 4.79 Å². The van der Waals surface area contributed by atoms with Gasteiger partial charge in [0.25, 0.3) is 0 Å². The number of amides is 1. The number of rotatable bonds is 2. The molecule has 1 aromatic carbocycles. The molecule has 2 fully saturated rings. The highest BCUT2D eigenvalue weighted by Gasteiger charge is 2.57. The van der Waals surface area contributed by atoms with E-state index in [1.54, 1.807) is 0 Å². The molecule has 118 valence electrons. The maximum Gasteiger partial charge on any atom is 0.224 e. The average molecular weight is 365 g/mol. The lowest BCUT2D eigenvalue weighted by atomic mass is 9.91. The minimum Gasteiger partial charge on any atom is -0.493 e. The largest absolute Gasteiger partial charge is 0.493 e. The van der Waals surface area contributed by atoms with Gasteiger partial charge in [0.1, 0.15) is 5.75 Å². The summed E-state index contributed by atoms with van der Waals surface area (Å²) < 4.78 is 6.72. The molecular weight excluding hydrogens is 344 g/mol. The van der Waals surface area contributed by atoms with Gasteiger partial charge in [-0.15, -0.1) is 0 Å². The van der Waals surface area contributed by atoms with Gasteiger partial charge in [0.05, 0.1) is 12.6 Å². The van der Waals surface area contributed by atoms with E-state index in [0.717, 1.165) is 54.6 Å². The third-order valence-corrected chi connectivity index (χ3v) is 5.93. The van der Waals surface area contributed by atoms with Crippen LogP contribution in [0, 0.1) is 11.3 Å². The fourth-order valence-electron chi connectivity index (χ4n) is 3.98. The maximum atomic E-state index is 12.7. The summed E-state index contributed by atoms with van der Waals surface area (Å²) in [4.78, 5) is 12.7. The van der Waals surface area contributed by atoms with Crippen LogP contribution in [0.15, 0.2) is 22.7 Å². The van der Waals surface area contributed by atoms with Crippen LogP contribution in [0.3, 0.4) is 0 Å². The fourth-order valence-corrected chi connectivity index (χ4v) is 4.36. The van der Waals surface area contributed by atoms with Crippen molar-refractivity contribution in [3.63, 3.8) is 0 Å². The molecule has 1 aromatic rings. The Balaban J connectivity index is 1.46. The van der Waals surface area contributed by atoms with E-state index >= 15 is 0 Å². The van der Waals surface area contributed by atoms with Gasteiger partial charge in [0, 0.05) is 22.4 Å². The minimum atomic E-state index is 0.0770. The van der Waals surface area contributed by atoms with Gasteiger partial charge in [0.2, 0.25) is 5.91 Å². The quantitative estimate of drug-likeness (QED) is 0.848. The molecule has 2 heterocycles. The van der Waals surface area contributed by atoms with E-state index in [0.29, 0.717) is 12.0 Å². The predicted octanol–water partition coefficient (Wildman–Crippen LogP) is 2.78. The minimum absolute atomic E-state index is 0.0770. The van der Waals surface area contributed by atoms with Crippen molar-refractivity contribution in [3.05, 3.63) is 28.2 Å². The number of halogens is 1. The van der Waals surface area contributed by atoms with E-state index < -0.39 is 0 Å². The SMILES string of the molecule is O=C(NC1CCOc2ccc(Br)cc21)C1CC12CCNCC2. The number of carbonyl (C=O) groups excluding carboxylic acids is 1. The summed E-state index contributed by atoms with van der Waals surface area (Å²) in [5, 5.41) is 6.66. The van der Waals surface area contributed by atoms with Gasteiger partial charge >= 0.3 is 0 Å². The molecular formula is C17H21BrN2O2. The predicted molar refractivity (Wildman–Crippen MR) is 87.8 cm³/mol. The van der Waals surface area contributed by atoms with Gasteiger partial charge < -0.3 is 15.4 Å². The number of ether oxygens (including phenoxy) is 1.